The predicted molar refractivity (Wildman–Crippen MR) is 83.6 cm³/mol. The Balaban J connectivity index is 2.28. The molecule has 4 nitrogen and oxygen atoms in total. The van der Waals surface area contributed by atoms with Crippen LogP contribution in [0.25, 0.3) is 0 Å². The number of rotatable bonds is 5. The average molecular weight is 306 g/mol. The number of carbonyl (C=O) groups is 1. The smallest absolute Gasteiger partial charge is 0.259 e. The van der Waals surface area contributed by atoms with E-state index in [-0.39, 0.29) is 5.91 Å². The zero-order valence-electron chi connectivity index (χ0n) is 11.9. The summed E-state index contributed by atoms with van der Waals surface area (Å²) in [5.74, 6) is 0.779. The third-order valence-electron chi connectivity index (χ3n) is 2.84. The van der Waals surface area contributed by atoms with Crippen LogP contribution < -0.4 is 14.8 Å². The fourth-order valence-electron chi connectivity index (χ4n) is 1.90. The largest absolute Gasteiger partial charge is 0.496 e. The molecule has 1 amide bonds. The lowest BCUT2D eigenvalue weighted by atomic mass is 10.1. The van der Waals surface area contributed by atoms with Crippen LogP contribution in [-0.4, -0.2) is 19.6 Å². The van der Waals surface area contributed by atoms with Crippen LogP contribution in [0.2, 0.25) is 5.02 Å². The van der Waals surface area contributed by atoms with Gasteiger partial charge >= 0.3 is 0 Å². The second-order valence-electron chi connectivity index (χ2n) is 4.23. The maximum absolute atomic E-state index is 12.4. The first-order valence-corrected chi connectivity index (χ1v) is 6.90. The van der Waals surface area contributed by atoms with E-state index < -0.39 is 0 Å². The van der Waals surface area contributed by atoms with Gasteiger partial charge in [0.05, 0.1) is 25.0 Å². The van der Waals surface area contributed by atoms with Crippen molar-refractivity contribution in [1.29, 1.82) is 0 Å². The predicted octanol–water partition coefficient (Wildman–Crippen LogP) is 4.00. The molecular weight excluding hydrogens is 290 g/mol. The number of hydrogen-bond donors (Lipinski definition) is 1. The number of para-hydroxylation sites is 2. The van der Waals surface area contributed by atoms with Crippen LogP contribution >= 0.6 is 11.6 Å². The molecule has 5 heteroatoms. The lowest BCUT2D eigenvalue weighted by Crippen LogP contribution is -2.14. The summed E-state index contributed by atoms with van der Waals surface area (Å²) < 4.78 is 10.7. The summed E-state index contributed by atoms with van der Waals surface area (Å²) in [5.41, 5.74) is 0.975. The molecule has 0 aromatic heterocycles. The van der Waals surface area contributed by atoms with Crippen LogP contribution in [0.4, 0.5) is 5.69 Å². The first-order chi connectivity index (χ1) is 10.2. The van der Waals surface area contributed by atoms with E-state index in [0.717, 1.165) is 0 Å². The van der Waals surface area contributed by atoms with E-state index in [2.05, 4.69) is 5.32 Å². The molecular formula is C16H16ClNO3. The quantitative estimate of drug-likeness (QED) is 0.908. The van der Waals surface area contributed by atoms with Crippen molar-refractivity contribution in [2.45, 2.75) is 6.92 Å². The molecule has 0 aliphatic carbocycles. The fourth-order valence-corrected chi connectivity index (χ4v) is 2.07. The van der Waals surface area contributed by atoms with Gasteiger partial charge in [0.1, 0.15) is 11.5 Å². The maximum Gasteiger partial charge on any atom is 0.259 e. The molecule has 2 aromatic carbocycles. The van der Waals surface area contributed by atoms with Gasteiger partial charge in [-0.2, -0.15) is 0 Å². The maximum atomic E-state index is 12.4. The lowest BCUT2D eigenvalue weighted by molar-refractivity contribution is 0.102. The lowest BCUT2D eigenvalue weighted by Gasteiger charge is -2.13. The molecule has 0 unspecified atom stereocenters. The number of carbonyl (C=O) groups excluding carboxylic acids is 1. The molecule has 2 rings (SSSR count). The molecule has 1 N–H and O–H groups in total. The zero-order valence-corrected chi connectivity index (χ0v) is 12.6. The number of halogens is 1. The van der Waals surface area contributed by atoms with Crippen LogP contribution in [0, 0.1) is 0 Å². The Morgan fingerprint density at radius 2 is 1.95 bits per heavy atom. The number of nitrogens with one attached hydrogen (secondary N) is 1. The number of amides is 1. The molecule has 0 aliphatic heterocycles. The van der Waals surface area contributed by atoms with E-state index in [0.29, 0.717) is 34.4 Å². The Kier molecular flexibility index (Phi) is 5.06. The van der Waals surface area contributed by atoms with E-state index in [4.69, 9.17) is 21.1 Å². The van der Waals surface area contributed by atoms with Crippen LogP contribution in [0.1, 0.15) is 17.3 Å². The number of hydrogen-bond acceptors (Lipinski definition) is 3. The first-order valence-electron chi connectivity index (χ1n) is 6.52. The van der Waals surface area contributed by atoms with Crippen molar-refractivity contribution in [1.82, 2.24) is 0 Å². The third kappa shape index (κ3) is 3.67. The molecule has 110 valence electrons. The minimum atomic E-state index is -0.304. The van der Waals surface area contributed by atoms with Gasteiger partial charge in [0.15, 0.2) is 0 Å². The van der Waals surface area contributed by atoms with Gasteiger partial charge in [-0.05, 0) is 37.3 Å². The molecule has 0 atom stereocenters. The average Bonchev–Trinajstić information content (AvgIpc) is 2.49. The molecule has 0 bridgehead atoms. The van der Waals surface area contributed by atoms with Gasteiger partial charge in [0.2, 0.25) is 0 Å². The molecule has 21 heavy (non-hydrogen) atoms. The van der Waals surface area contributed by atoms with Crippen molar-refractivity contribution in [2.24, 2.45) is 0 Å². The summed E-state index contributed by atoms with van der Waals surface area (Å²) in [6.07, 6.45) is 0. The zero-order chi connectivity index (χ0) is 15.2. The highest BCUT2D eigenvalue weighted by atomic mass is 35.5. The third-order valence-corrected chi connectivity index (χ3v) is 3.08. The summed E-state index contributed by atoms with van der Waals surface area (Å²) in [6.45, 7) is 2.41. The molecule has 0 spiro atoms. The van der Waals surface area contributed by atoms with E-state index in [1.807, 2.05) is 19.1 Å². The molecule has 0 aliphatic rings. The van der Waals surface area contributed by atoms with Crippen molar-refractivity contribution in [3.05, 3.63) is 53.1 Å². The van der Waals surface area contributed by atoms with Crippen molar-refractivity contribution in [3.8, 4) is 11.5 Å². The van der Waals surface area contributed by atoms with Crippen LogP contribution in [0.15, 0.2) is 42.5 Å². The Morgan fingerprint density at radius 1 is 1.19 bits per heavy atom. The molecule has 2 aromatic rings. The van der Waals surface area contributed by atoms with Crippen LogP contribution in [0.3, 0.4) is 0 Å². The molecule has 0 radical (unpaired) electrons. The second-order valence-corrected chi connectivity index (χ2v) is 4.66. The van der Waals surface area contributed by atoms with Crippen LogP contribution in [-0.2, 0) is 0 Å². The highest BCUT2D eigenvalue weighted by Crippen LogP contribution is 2.27. The highest BCUT2D eigenvalue weighted by molar-refractivity contribution is 6.31. The Labute approximate surface area is 128 Å². The molecule has 0 fully saturated rings. The van der Waals surface area contributed by atoms with Crippen molar-refractivity contribution in [2.75, 3.05) is 19.0 Å². The minimum absolute atomic E-state index is 0.304. The molecule has 0 heterocycles. The van der Waals surface area contributed by atoms with Gasteiger partial charge in [-0.3, -0.25) is 4.79 Å². The molecule has 0 saturated carbocycles. The Morgan fingerprint density at radius 3 is 2.67 bits per heavy atom. The normalized spacial score (nSPS) is 10.0. The van der Waals surface area contributed by atoms with Gasteiger partial charge in [0, 0.05) is 5.02 Å². The number of anilines is 1. The van der Waals surface area contributed by atoms with Crippen molar-refractivity contribution >= 4 is 23.2 Å². The summed E-state index contributed by atoms with van der Waals surface area (Å²) in [5, 5.41) is 3.28. The van der Waals surface area contributed by atoms with E-state index in [1.165, 1.54) is 7.11 Å². The van der Waals surface area contributed by atoms with Gasteiger partial charge in [-0.1, -0.05) is 23.7 Å². The Hall–Kier alpha value is -2.20. The van der Waals surface area contributed by atoms with E-state index in [9.17, 15) is 4.79 Å². The summed E-state index contributed by atoms with van der Waals surface area (Å²) in [7, 11) is 1.51. The van der Waals surface area contributed by atoms with Gasteiger partial charge < -0.3 is 14.8 Å². The number of methoxy groups -OCH3 is 1. The van der Waals surface area contributed by atoms with E-state index in [1.54, 1.807) is 30.3 Å². The van der Waals surface area contributed by atoms with Gasteiger partial charge in [-0.25, -0.2) is 0 Å². The summed E-state index contributed by atoms with van der Waals surface area (Å²) in [4.78, 5) is 12.4. The fraction of sp³-hybridized carbons (Fsp3) is 0.188. The first kappa shape index (κ1) is 15.2. The number of ether oxygens (including phenoxy) is 2. The summed E-state index contributed by atoms with van der Waals surface area (Å²) >= 11 is 5.94. The van der Waals surface area contributed by atoms with Crippen LogP contribution in [0.5, 0.6) is 11.5 Å². The standard InChI is InChI=1S/C16H16ClNO3/c1-3-21-15-7-5-4-6-13(15)18-16(19)12-10-11(17)8-9-14(12)20-2/h4-10H,3H2,1-2H3,(H,18,19). The second kappa shape index (κ2) is 6.99. The Bertz CT molecular complexity index is 643. The highest BCUT2D eigenvalue weighted by Gasteiger charge is 2.14. The summed E-state index contributed by atoms with van der Waals surface area (Å²) in [6, 6.07) is 12.2. The minimum Gasteiger partial charge on any atom is -0.496 e. The van der Waals surface area contributed by atoms with Gasteiger partial charge in [0.25, 0.3) is 5.91 Å². The molecule has 0 saturated heterocycles. The van der Waals surface area contributed by atoms with Crippen molar-refractivity contribution in [3.63, 3.8) is 0 Å². The van der Waals surface area contributed by atoms with Gasteiger partial charge in [-0.15, -0.1) is 0 Å². The van der Waals surface area contributed by atoms with E-state index >= 15 is 0 Å². The number of benzene rings is 2. The monoisotopic (exact) mass is 305 g/mol. The van der Waals surface area contributed by atoms with Crippen molar-refractivity contribution < 1.29 is 14.3 Å². The SMILES string of the molecule is CCOc1ccccc1NC(=O)c1cc(Cl)ccc1OC. The topological polar surface area (TPSA) is 47.6 Å².